The van der Waals surface area contributed by atoms with Gasteiger partial charge in [0.1, 0.15) is 5.75 Å². The summed E-state index contributed by atoms with van der Waals surface area (Å²) in [5.74, 6) is 0.333. The second kappa shape index (κ2) is 3.49. The highest BCUT2D eigenvalue weighted by molar-refractivity contribution is 8.00. The molecule has 1 N–H and O–H groups in total. The van der Waals surface area contributed by atoms with Gasteiger partial charge >= 0.3 is 7.00 Å². The van der Waals surface area contributed by atoms with Crippen molar-refractivity contribution in [1.29, 1.82) is 0 Å². The van der Waals surface area contributed by atoms with E-state index in [-0.39, 0.29) is 0 Å². The van der Waals surface area contributed by atoms with Crippen LogP contribution in [0.3, 0.4) is 0 Å². The standard InChI is InChI=1S/C9H14BOP/c1-12(2,3)10-8-4-6-9(11)7-5-8/h4-7,11H,1-3H3/q+1. The zero-order valence-corrected chi connectivity index (χ0v) is 8.68. The lowest BCUT2D eigenvalue weighted by molar-refractivity contribution is 0.475. The molecule has 0 aliphatic carbocycles. The molecule has 1 aromatic carbocycles. The smallest absolute Gasteiger partial charge is 0.394 e. The maximum Gasteiger partial charge on any atom is 0.394 e. The minimum atomic E-state index is -0.859. The average molecular weight is 180 g/mol. The van der Waals surface area contributed by atoms with Crippen LogP contribution in [-0.4, -0.2) is 32.1 Å². The number of phenolic OH excluding ortho intramolecular Hbond substituents is 1. The van der Waals surface area contributed by atoms with Crippen molar-refractivity contribution in [2.45, 2.75) is 0 Å². The summed E-state index contributed by atoms with van der Waals surface area (Å²) < 4.78 is 0. The molecule has 0 aliphatic heterocycles. The van der Waals surface area contributed by atoms with E-state index in [2.05, 4.69) is 27.0 Å². The molecule has 12 heavy (non-hydrogen) atoms. The predicted molar refractivity (Wildman–Crippen MR) is 58.2 cm³/mol. The van der Waals surface area contributed by atoms with Crippen LogP contribution >= 0.6 is 7.14 Å². The van der Waals surface area contributed by atoms with Gasteiger partial charge in [0.15, 0.2) is 0 Å². The monoisotopic (exact) mass is 180 g/mol. The van der Waals surface area contributed by atoms with Gasteiger partial charge < -0.3 is 5.11 Å². The lowest BCUT2D eigenvalue weighted by atomic mass is 9.94. The highest BCUT2D eigenvalue weighted by atomic mass is 31.2. The summed E-state index contributed by atoms with van der Waals surface area (Å²) in [7, 11) is -0.859. The second-order valence-corrected chi connectivity index (χ2v) is 8.33. The Morgan fingerprint density at radius 1 is 1.08 bits per heavy atom. The van der Waals surface area contributed by atoms with Gasteiger partial charge in [0, 0.05) is 20.0 Å². The SMILES string of the molecule is C[P+](C)(C)[B]c1ccc(O)cc1. The van der Waals surface area contributed by atoms with Crippen LogP contribution in [0.2, 0.25) is 0 Å². The quantitative estimate of drug-likeness (QED) is 0.540. The van der Waals surface area contributed by atoms with Gasteiger partial charge in [-0.1, -0.05) is 12.1 Å². The molecule has 0 aromatic heterocycles. The van der Waals surface area contributed by atoms with E-state index in [0.717, 1.165) is 0 Å². The van der Waals surface area contributed by atoms with E-state index in [4.69, 9.17) is 5.11 Å². The maximum absolute atomic E-state index is 9.05. The van der Waals surface area contributed by atoms with Crippen LogP contribution in [0, 0.1) is 0 Å². The normalized spacial score (nSPS) is 11.2. The molecule has 1 radical (unpaired) electrons. The summed E-state index contributed by atoms with van der Waals surface area (Å²) in [4.78, 5) is 0. The van der Waals surface area contributed by atoms with Crippen molar-refractivity contribution in [3.05, 3.63) is 24.3 Å². The number of hydrogen-bond donors (Lipinski definition) is 1. The van der Waals surface area contributed by atoms with Gasteiger partial charge in [0.25, 0.3) is 0 Å². The number of phenols is 1. The number of hydrogen-bond acceptors (Lipinski definition) is 1. The Labute approximate surface area is 75.3 Å². The highest BCUT2D eigenvalue weighted by Crippen LogP contribution is 2.43. The van der Waals surface area contributed by atoms with Crippen molar-refractivity contribution >= 4 is 19.6 Å². The second-order valence-electron chi connectivity index (χ2n) is 3.84. The molecule has 1 aromatic rings. The molecule has 63 valence electrons. The fraction of sp³-hybridized carbons (Fsp3) is 0.333. The predicted octanol–water partition coefficient (Wildman–Crippen LogP) is 1.54. The summed E-state index contributed by atoms with van der Waals surface area (Å²) in [6, 6.07) is 7.34. The minimum absolute atomic E-state index is 0.333. The Morgan fingerprint density at radius 2 is 1.58 bits per heavy atom. The van der Waals surface area contributed by atoms with Crippen LogP contribution in [-0.2, 0) is 0 Å². The molecule has 3 heteroatoms. The number of benzene rings is 1. The Balaban J connectivity index is 2.71. The van der Waals surface area contributed by atoms with Crippen LogP contribution < -0.4 is 5.46 Å². The maximum atomic E-state index is 9.05. The third kappa shape index (κ3) is 3.27. The minimum Gasteiger partial charge on any atom is -0.508 e. The summed E-state index contributed by atoms with van der Waals surface area (Å²) >= 11 is 0. The van der Waals surface area contributed by atoms with Crippen LogP contribution in [0.5, 0.6) is 5.75 Å². The summed E-state index contributed by atoms with van der Waals surface area (Å²) in [6.45, 7) is 9.08. The van der Waals surface area contributed by atoms with Gasteiger partial charge in [-0.15, -0.1) is 0 Å². The summed E-state index contributed by atoms with van der Waals surface area (Å²) in [6.07, 6.45) is 0. The molecule has 0 saturated carbocycles. The first-order chi connectivity index (χ1) is 5.47. The van der Waals surface area contributed by atoms with Crippen molar-refractivity contribution in [1.82, 2.24) is 0 Å². The molecule has 0 fully saturated rings. The molecule has 0 spiro atoms. The van der Waals surface area contributed by atoms with E-state index in [1.807, 2.05) is 12.1 Å². The molecule has 1 rings (SSSR count). The first-order valence-electron chi connectivity index (χ1n) is 3.93. The molecule has 0 unspecified atom stereocenters. The Morgan fingerprint density at radius 3 is 2.00 bits per heavy atom. The van der Waals surface area contributed by atoms with Crippen molar-refractivity contribution in [2.24, 2.45) is 0 Å². The summed E-state index contributed by atoms with van der Waals surface area (Å²) in [5.41, 5.74) is 1.20. The third-order valence-corrected chi connectivity index (χ3v) is 2.50. The van der Waals surface area contributed by atoms with Crippen LogP contribution in [0.25, 0.3) is 0 Å². The molecule has 0 bridgehead atoms. The lowest BCUT2D eigenvalue weighted by Crippen LogP contribution is -2.15. The van der Waals surface area contributed by atoms with Crippen molar-refractivity contribution in [3.63, 3.8) is 0 Å². The molecule has 0 heterocycles. The molecule has 0 atom stereocenters. The van der Waals surface area contributed by atoms with Crippen molar-refractivity contribution in [2.75, 3.05) is 20.0 Å². The van der Waals surface area contributed by atoms with E-state index >= 15 is 0 Å². The Bertz CT molecular complexity index is 250. The molecular formula is C9H14BOP+. The van der Waals surface area contributed by atoms with E-state index in [1.165, 1.54) is 5.46 Å². The zero-order valence-electron chi connectivity index (χ0n) is 7.78. The summed E-state index contributed by atoms with van der Waals surface area (Å²) in [5, 5.41) is 9.05. The Kier molecular flexibility index (Phi) is 2.79. The molecule has 0 saturated heterocycles. The molecule has 0 amide bonds. The number of aromatic hydroxyl groups is 1. The van der Waals surface area contributed by atoms with Gasteiger partial charge in [-0.3, -0.25) is 0 Å². The fourth-order valence-corrected chi connectivity index (χ4v) is 2.07. The first-order valence-corrected chi connectivity index (χ1v) is 7.13. The van der Waals surface area contributed by atoms with Crippen molar-refractivity contribution < 1.29 is 5.11 Å². The third-order valence-electron chi connectivity index (χ3n) is 1.43. The Hall–Kier alpha value is -0.485. The van der Waals surface area contributed by atoms with Crippen molar-refractivity contribution in [3.8, 4) is 5.75 Å². The highest BCUT2D eigenvalue weighted by Gasteiger charge is 2.21. The van der Waals surface area contributed by atoms with Gasteiger partial charge in [-0.25, -0.2) is 0 Å². The number of rotatable bonds is 2. The van der Waals surface area contributed by atoms with Crippen LogP contribution in [0.1, 0.15) is 0 Å². The van der Waals surface area contributed by atoms with Gasteiger partial charge in [0.05, 0.1) is 0 Å². The first kappa shape index (κ1) is 9.60. The van der Waals surface area contributed by atoms with E-state index in [0.29, 0.717) is 5.75 Å². The van der Waals surface area contributed by atoms with E-state index in [9.17, 15) is 0 Å². The van der Waals surface area contributed by atoms with Crippen LogP contribution in [0.4, 0.5) is 0 Å². The average Bonchev–Trinajstić information content (AvgIpc) is 1.91. The molecular weight excluding hydrogens is 166 g/mol. The topological polar surface area (TPSA) is 20.2 Å². The lowest BCUT2D eigenvalue weighted by Gasteiger charge is -2.08. The fourth-order valence-electron chi connectivity index (χ4n) is 1.01. The zero-order chi connectivity index (χ0) is 9.19. The van der Waals surface area contributed by atoms with Gasteiger partial charge in [-0.05, 0) is 24.7 Å². The van der Waals surface area contributed by atoms with Gasteiger partial charge in [-0.2, -0.15) is 0 Å². The van der Waals surface area contributed by atoms with E-state index < -0.39 is 7.14 Å². The molecule has 1 nitrogen and oxygen atoms in total. The van der Waals surface area contributed by atoms with Gasteiger partial charge in [0.2, 0.25) is 0 Å². The molecule has 0 aliphatic rings. The largest absolute Gasteiger partial charge is 0.508 e. The van der Waals surface area contributed by atoms with E-state index in [1.54, 1.807) is 12.1 Å². The van der Waals surface area contributed by atoms with Crippen LogP contribution in [0.15, 0.2) is 24.3 Å².